The second-order valence-electron chi connectivity index (χ2n) is 17.1. The summed E-state index contributed by atoms with van der Waals surface area (Å²) in [4.78, 5) is 68.4. The van der Waals surface area contributed by atoms with E-state index in [9.17, 15) is 44.4 Å². The van der Waals surface area contributed by atoms with Crippen molar-refractivity contribution < 1.29 is 68.1 Å². The number of ether oxygens (including phenoxy) is 5. The average Bonchev–Trinajstić information content (AvgIpc) is 3.14. The van der Waals surface area contributed by atoms with Crippen LogP contribution in [0.25, 0.3) is 0 Å². The van der Waals surface area contributed by atoms with Crippen LogP contribution >= 0.6 is 0 Å². The number of benzene rings is 2. The van der Waals surface area contributed by atoms with Gasteiger partial charge in [-0.3, -0.25) is 9.59 Å². The Morgan fingerprint density at radius 2 is 1.56 bits per heavy atom. The highest BCUT2D eigenvalue weighted by Gasteiger charge is 2.77. The van der Waals surface area contributed by atoms with Crippen LogP contribution in [0.2, 0.25) is 0 Å². The summed E-state index contributed by atoms with van der Waals surface area (Å²) in [6.45, 7) is 10.2. The average molecular weight is 794 g/mol. The van der Waals surface area contributed by atoms with Crippen LogP contribution in [0.1, 0.15) is 83.3 Å². The maximum Gasteiger partial charge on any atom is 0.408 e. The molecular weight excluding hydrogens is 742 g/mol. The Kier molecular flexibility index (Phi) is 11.0. The van der Waals surface area contributed by atoms with E-state index < -0.39 is 112 Å². The van der Waals surface area contributed by atoms with Gasteiger partial charge in [-0.05, 0) is 57.0 Å². The van der Waals surface area contributed by atoms with Crippen molar-refractivity contribution in [1.29, 1.82) is 0 Å². The Morgan fingerprint density at radius 1 is 0.947 bits per heavy atom. The van der Waals surface area contributed by atoms with E-state index in [0.717, 1.165) is 6.92 Å². The van der Waals surface area contributed by atoms with Gasteiger partial charge < -0.3 is 49.4 Å². The zero-order chi connectivity index (χ0) is 41.9. The first-order valence-electron chi connectivity index (χ1n) is 18.9. The fourth-order valence-electron chi connectivity index (χ4n) is 9.09. The molecule has 1 aliphatic heterocycles. The lowest BCUT2D eigenvalue weighted by molar-refractivity contribution is -0.345. The molecule has 4 aliphatic rings. The lowest BCUT2D eigenvalue weighted by Gasteiger charge is -2.67. The van der Waals surface area contributed by atoms with Gasteiger partial charge in [-0.2, -0.15) is 0 Å². The van der Waals surface area contributed by atoms with E-state index in [1.165, 1.54) is 39.0 Å². The number of fused-ring (bicyclic) bond motifs is 5. The first-order chi connectivity index (χ1) is 26.6. The number of nitrogens with one attached hydrogen (secondary N) is 1. The van der Waals surface area contributed by atoms with Gasteiger partial charge in [-0.25, -0.2) is 14.4 Å². The maximum absolute atomic E-state index is 14.8. The standard InChI is InChI=1S/C42H51NO14/c1-22(44)56-41-21-53-28(41)19-27(45)40(7)32(41)34(55-35(49)24-16-12-9-13-17-24)42(52)20-25(18-26(39(42,5)6)30(46)33(40)48)54-36(50)31(47)29(23-14-10-8-11-15-23)43-37(51)57-38(2,3)4/h8-18,25,27-32,34,45-47,52H,19-21H2,1-7H3,(H,43,51)/t25?,27-,28+,29-,30+,31+,32-,34-,40+,41-,42+/m0/s1. The summed E-state index contributed by atoms with van der Waals surface area (Å²) in [6.07, 6.45) is -10.2. The normalized spacial score (nSPS) is 33.9. The molecule has 0 aromatic heterocycles. The van der Waals surface area contributed by atoms with Crippen LogP contribution in [-0.2, 0) is 38.1 Å². The SMILES string of the molecule is CC(=O)O[C@@]12CO[C@@H]1C[C@H](O)[C@@]1(C)C(=O)[C@H](O)C3=CC(OC(=O)[C@H](O)[C@@H](NC(=O)OC(C)(C)C)c4ccccc4)C[C@@](O)([C@@H](OC(=O)c4ccccc4)[C@H]21)C3(C)C. The van der Waals surface area contributed by atoms with Crippen molar-refractivity contribution in [2.45, 2.75) is 121 Å². The quantitative estimate of drug-likeness (QED) is 0.147. The number of alkyl carbamates (subject to hydrolysis) is 1. The molecule has 1 amide bonds. The smallest absolute Gasteiger partial charge is 0.408 e. The van der Waals surface area contributed by atoms with E-state index in [1.54, 1.807) is 69.3 Å². The fraction of sp³-hybridized carbons (Fsp3) is 0.548. The van der Waals surface area contributed by atoms with E-state index in [4.69, 9.17) is 23.7 Å². The van der Waals surface area contributed by atoms with Crippen LogP contribution in [0.15, 0.2) is 72.3 Å². The largest absolute Gasteiger partial charge is 0.456 e. The number of hydrogen-bond donors (Lipinski definition) is 5. The molecule has 15 nitrogen and oxygen atoms in total. The van der Waals surface area contributed by atoms with E-state index in [-0.39, 0.29) is 24.2 Å². The molecule has 15 heteroatoms. The zero-order valence-electron chi connectivity index (χ0n) is 33.0. The number of carbonyl (C=O) groups is 5. The molecule has 2 aromatic rings. The van der Waals surface area contributed by atoms with E-state index in [1.807, 2.05) is 0 Å². The molecule has 0 spiro atoms. The molecule has 11 atom stereocenters. The van der Waals surface area contributed by atoms with Crippen molar-refractivity contribution in [3.63, 3.8) is 0 Å². The Morgan fingerprint density at radius 3 is 2.12 bits per heavy atom. The van der Waals surface area contributed by atoms with Crippen LogP contribution < -0.4 is 5.32 Å². The van der Waals surface area contributed by atoms with E-state index in [0.29, 0.717) is 5.56 Å². The van der Waals surface area contributed by atoms with Crippen LogP contribution in [0.3, 0.4) is 0 Å². The summed E-state index contributed by atoms with van der Waals surface area (Å²) in [5.41, 5.74) is -8.31. The molecule has 3 fully saturated rings. The van der Waals surface area contributed by atoms with Crippen LogP contribution in [0.5, 0.6) is 0 Å². The number of aliphatic hydroxyl groups is 4. The van der Waals surface area contributed by atoms with Gasteiger partial charge in [0.1, 0.15) is 35.6 Å². The molecule has 308 valence electrons. The number of hydrogen-bond acceptors (Lipinski definition) is 14. The third-order valence-corrected chi connectivity index (χ3v) is 12.1. The van der Waals surface area contributed by atoms with Crippen molar-refractivity contribution in [3.05, 3.63) is 83.4 Å². The van der Waals surface area contributed by atoms with Crippen molar-refractivity contribution in [3.8, 4) is 0 Å². The van der Waals surface area contributed by atoms with E-state index in [2.05, 4.69) is 5.32 Å². The zero-order valence-corrected chi connectivity index (χ0v) is 33.0. The number of rotatable bonds is 8. The van der Waals surface area contributed by atoms with Crippen LogP contribution in [-0.4, -0.2) is 110 Å². The fourth-order valence-corrected chi connectivity index (χ4v) is 9.09. The van der Waals surface area contributed by atoms with Gasteiger partial charge in [0.15, 0.2) is 17.5 Å². The van der Waals surface area contributed by atoms with Crippen LogP contribution in [0, 0.1) is 16.7 Å². The number of ketones is 1. The molecule has 2 saturated carbocycles. The predicted molar refractivity (Wildman–Crippen MR) is 199 cm³/mol. The number of aliphatic hydroxyl groups excluding tert-OH is 3. The monoisotopic (exact) mass is 793 g/mol. The minimum atomic E-state index is -2.34. The lowest BCUT2D eigenvalue weighted by Crippen LogP contribution is -2.81. The lowest BCUT2D eigenvalue weighted by atomic mass is 9.45. The first-order valence-corrected chi connectivity index (χ1v) is 18.9. The van der Waals surface area contributed by atoms with Crippen molar-refractivity contribution in [2.75, 3.05) is 6.61 Å². The molecule has 1 saturated heterocycles. The third kappa shape index (κ3) is 7.24. The van der Waals surface area contributed by atoms with Gasteiger partial charge >= 0.3 is 24.0 Å². The highest BCUT2D eigenvalue weighted by Crippen LogP contribution is 2.63. The Hall–Kier alpha value is -4.67. The van der Waals surface area contributed by atoms with Gasteiger partial charge in [0.05, 0.1) is 35.6 Å². The van der Waals surface area contributed by atoms with Gasteiger partial charge in [0.25, 0.3) is 0 Å². The molecule has 2 aromatic carbocycles. The minimum absolute atomic E-state index is 0.0791. The molecule has 1 unspecified atom stereocenters. The van der Waals surface area contributed by atoms with Gasteiger partial charge in [-0.1, -0.05) is 62.4 Å². The van der Waals surface area contributed by atoms with Gasteiger partial charge in [0, 0.05) is 25.2 Å². The molecule has 3 aliphatic carbocycles. The molecule has 5 N–H and O–H groups in total. The highest BCUT2D eigenvalue weighted by molar-refractivity contribution is 5.94. The van der Waals surface area contributed by atoms with Gasteiger partial charge in [0.2, 0.25) is 0 Å². The molecular formula is C42H51NO14. The second-order valence-corrected chi connectivity index (χ2v) is 17.1. The van der Waals surface area contributed by atoms with Crippen molar-refractivity contribution >= 4 is 29.8 Å². The van der Waals surface area contributed by atoms with Gasteiger partial charge in [-0.15, -0.1) is 0 Å². The summed E-state index contributed by atoms with van der Waals surface area (Å²) in [7, 11) is 0. The Labute approximate surface area is 330 Å². The Bertz CT molecular complexity index is 1930. The highest BCUT2D eigenvalue weighted by atomic mass is 16.6. The Balaban J connectivity index is 1.46. The molecule has 6 rings (SSSR count). The van der Waals surface area contributed by atoms with Crippen molar-refractivity contribution in [2.24, 2.45) is 16.7 Å². The first kappa shape index (κ1) is 41.9. The van der Waals surface area contributed by atoms with Crippen molar-refractivity contribution in [1.82, 2.24) is 5.32 Å². The maximum atomic E-state index is 14.8. The van der Waals surface area contributed by atoms with Crippen LogP contribution in [0.4, 0.5) is 4.79 Å². The number of Topliss-reactive ketones (excluding diaryl/α,β-unsaturated/α-hetero) is 1. The summed E-state index contributed by atoms with van der Waals surface area (Å²) < 4.78 is 29.3. The summed E-state index contributed by atoms with van der Waals surface area (Å²) in [6, 6.07) is 14.6. The third-order valence-electron chi connectivity index (χ3n) is 12.1. The molecule has 57 heavy (non-hydrogen) atoms. The number of amides is 1. The topological polar surface area (TPSA) is 224 Å². The number of esters is 3. The minimum Gasteiger partial charge on any atom is -0.456 e. The number of carbonyl (C=O) groups excluding carboxylic acids is 5. The van der Waals surface area contributed by atoms with E-state index >= 15 is 0 Å². The molecule has 2 bridgehead atoms. The second kappa shape index (κ2) is 14.9. The summed E-state index contributed by atoms with van der Waals surface area (Å²) in [5.74, 6) is -5.38. The molecule has 1 heterocycles. The molecule has 0 radical (unpaired) electrons. The summed E-state index contributed by atoms with van der Waals surface area (Å²) >= 11 is 0. The predicted octanol–water partition coefficient (Wildman–Crippen LogP) is 2.87. The summed E-state index contributed by atoms with van der Waals surface area (Å²) in [5, 5.41) is 51.1.